The molecule has 4 heterocycles. The van der Waals surface area contributed by atoms with Gasteiger partial charge in [0.1, 0.15) is 22.8 Å². The topological polar surface area (TPSA) is 200 Å². The van der Waals surface area contributed by atoms with Crippen molar-refractivity contribution in [3.63, 3.8) is 0 Å². The van der Waals surface area contributed by atoms with E-state index in [-0.39, 0.29) is 22.2 Å². The molecule has 2 aliphatic rings. The van der Waals surface area contributed by atoms with Crippen molar-refractivity contribution >= 4 is 69.5 Å². The molecular formula is C23H26N7O7S3+. The number of pyridine rings is 1. The molecule has 0 aromatic carbocycles. The molecule has 1 saturated heterocycles. The molecule has 17 heteroatoms. The minimum Gasteiger partial charge on any atom is -0.478 e. The quantitative estimate of drug-likeness (QED) is 0.0769. The Morgan fingerprint density at radius 3 is 2.60 bits per heavy atom. The summed E-state index contributed by atoms with van der Waals surface area (Å²) in [4.78, 5) is 61.1. The second-order valence-corrected chi connectivity index (χ2v) is 12.0. The number of carboxylic acids is 2. The number of anilines is 1. The minimum atomic E-state index is -1.75. The van der Waals surface area contributed by atoms with Gasteiger partial charge in [-0.3, -0.25) is 14.5 Å². The molecule has 2 aromatic heterocycles. The molecule has 1 fully saturated rings. The van der Waals surface area contributed by atoms with Crippen LogP contribution in [0.15, 0.2) is 51.2 Å². The van der Waals surface area contributed by atoms with Gasteiger partial charge in [-0.1, -0.05) is 9.83 Å². The molecule has 14 nitrogen and oxygen atoms in total. The van der Waals surface area contributed by atoms with E-state index < -0.39 is 40.8 Å². The van der Waals surface area contributed by atoms with E-state index in [1.807, 2.05) is 24.5 Å². The average molecular weight is 609 g/mol. The third kappa shape index (κ3) is 6.00. The molecule has 212 valence electrons. The van der Waals surface area contributed by atoms with Crippen molar-refractivity contribution in [2.75, 3.05) is 29.7 Å². The molecule has 4 rings (SSSR count). The fourth-order valence-corrected chi connectivity index (χ4v) is 6.55. The number of aliphatic carboxylic acids is 2. The molecule has 40 heavy (non-hydrogen) atoms. The van der Waals surface area contributed by atoms with E-state index in [0.29, 0.717) is 17.1 Å². The van der Waals surface area contributed by atoms with E-state index >= 15 is 0 Å². The van der Waals surface area contributed by atoms with Crippen LogP contribution in [0.5, 0.6) is 0 Å². The molecule has 0 unspecified atom stereocenters. The third-order valence-corrected chi connectivity index (χ3v) is 8.98. The number of carboxylic acid groups (broad SMARTS) is 2. The number of nitrogens with two attached hydrogens (primary N) is 1. The molecule has 2 atom stereocenters. The van der Waals surface area contributed by atoms with Gasteiger partial charge in [0, 0.05) is 33.9 Å². The van der Waals surface area contributed by atoms with Crippen LogP contribution >= 0.6 is 34.9 Å². The van der Waals surface area contributed by atoms with Crippen LogP contribution in [0, 0.1) is 0 Å². The Labute approximate surface area is 240 Å². The number of aromatic nitrogens is 2. The highest BCUT2D eigenvalue weighted by molar-refractivity contribution is 8.01. The smallest absolute Gasteiger partial charge is 0.352 e. The Kier molecular flexibility index (Phi) is 8.55. The first-order valence-corrected chi connectivity index (χ1v) is 14.6. The number of oxime groups is 1. The van der Waals surface area contributed by atoms with Gasteiger partial charge in [-0.2, -0.15) is 5.43 Å². The van der Waals surface area contributed by atoms with Gasteiger partial charge in [-0.05, 0) is 19.4 Å². The first-order chi connectivity index (χ1) is 18.9. The molecule has 2 aromatic rings. The maximum atomic E-state index is 13.2. The van der Waals surface area contributed by atoms with Crippen molar-refractivity contribution in [2.45, 2.75) is 35.8 Å². The second kappa shape index (κ2) is 11.7. The number of amides is 2. The van der Waals surface area contributed by atoms with Gasteiger partial charge in [0.25, 0.3) is 11.8 Å². The lowest BCUT2D eigenvalue weighted by Gasteiger charge is -2.49. The fourth-order valence-electron chi connectivity index (χ4n) is 3.63. The SMILES string of the molecule is CN[n+]1ccc(SCC2=C(C(=O)O)N3C(=O)[C@@H](NC(=O)/C(=N\OC(C)(C)C(=O)O)c4csc(N)n4)[C@H]3SC2)cc1. The van der Waals surface area contributed by atoms with E-state index in [4.69, 9.17) is 10.6 Å². The van der Waals surface area contributed by atoms with Crippen molar-refractivity contribution in [1.82, 2.24) is 15.2 Å². The van der Waals surface area contributed by atoms with E-state index in [1.54, 1.807) is 11.7 Å². The van der Waals surface area contributed by atoms with Gasteiger partial charge in [0.2, 0.25) is 18.0 Å². The van der Waals surface area contributed by atoms with Crippen molar-refractivity contribution in [3.8, 4) is 0 Å². The van der Waals surface area contributed by atoms with E-state index in [2.05, 4.69) is 20.9 Å². The number of carbonyl (C=O) groups is 4. The van der Waals surface area contributed by atoms with Gasteiger partial charge < -0.3 is 26.1 Å². The Morgan fingerprint density at radius 1 is 1.32 bits per heavy atom. The summed E-state index contributed by atoms with van der Waals surface area (Å²) in [7, 11) is 1.78. The van der Waals surface area contributed by atoms with Crippen LogP contribution in [0.1, 0.15) is 19.5 Å². The fraction of sp³-hybridized carbons (Fsp3) is 0.348. The van der Waals surface area contributed by atoms with Gasteiger partial charge in [-0.25, -0.2) is 14.6 Å². The highest BCUT2D eigenvalue weighted by atomic mass is 32.2. The number of thioether (sulfide) groups is 2. The lowest BCUT2D eigenvalue weighted by Crippen LogP contribution is -2.71. The number of β-lactam (4-membered cyclic amide) rings is 1. The van der Waals surface area contributed by atoms with Crippen LogP contribution in [-0.2, 0) is 24.0 Å². The minimum absolute atomic E-state index is 0.0349. The molecule has 6 N–H and O–H groups in total. The molecule has 0 saturated carbocycles. The number of hydrogen-bond acceptors (Lipinski definition) is 12. The number of carbonyl (C=O) groups excluding carboxylic acids is 2. The van der Waals surface area contributed by atoms with E-state index in [0.717, 1.165) is 16.2 Å². The summed E-state index contributed by atoms with van der Waals surface area (Å²) in [6.45, 7) is 2.50. The van der Waals surface area contributed by atoms with Crippen molar-refractivity contribution < 1.29 is 38.9 Å². The van der Waals surface area contributed by atoms with Crippen LogP contribution in [-0.4, -0.2) is 85.1 Å². The molecule has 0 bridgehead atoms. The highest BCUT2D eigenvalue weighted by Gasteiger charge is 2.54. The maximum absolute atomic E-state index is 13.2. The van der Waals surface area contributed by atoms with Gasteiger partial charge in [0.15, 0.2) is 10.8 Å². The highest BCUT2D eigenvalue weighted by Crippen LogP contribution is 2.41. The number of nitrogen functional groups attached to an aromatic ring is 1. The van der Waals surface area contributed by atoms with Crippen LogP contribution in [0.2, 0.25) is 0 Å². The molecule has 0 radical (unpaired) electrons. The predicted octanol–water partition coefficient (Wildman–Crippen LogP) is 0.301. The summed E-state index contributed by atoms with van der Waals surface area (Å²) < 4.78 is 1.76. The number of hydrogen-bond donors (Lipinski definition) is 5. The number of nitrogens with zero attached hydrogens (tertiary/aromatic N) is 4. The summed E-state index contributed by atoms with van der Waals surface area (Å²) in [5.41, 5.74) is 7.04. The zero-order chi connectivity index (χ0) is 29.2. The van der Waals surface area contributed by atoms with E-state index in [1.165, 1.54) is 47.7 Å². The summed E-state index contributed by atoms with van der Waals surface area (Å²) >= 11 is 3.81. The Hall–Kier alpha value is -3.83. The summed E-state index contributed by atoms with van der Waals surface area (Å²) in [6.07, 6.45) is 3.66. The number of nitrogens with one attached hydrogen (secondary N) is 2. The molecule has 2 amide bonds. The summed E-state index contributed by atoms with van der Waals surface area (Å²) in [6, 6.07) is 2.73. The van der Waals surface area contributed by atoms with Gasteiger partial charge in [0.05, 0.1) is 7.05 Å². The van der Waals surface area contributed by atoms with Gasteiger partial charge in [-0.15, -0.1) is 34.9 Å². The van der Waals surface area contributed by atoms with Crippen LogP contribution < -0.4 is 21.2 Å². The summed E-state index contributed by atoms with van der Waals surface area (Å²) in [5, 5.41) is 26.5. The van der Waals surface area contributed by atoms with Gasteiger partial charge >= 0.3 is 11.9 Å². The Balaban J connectivity index is 1.50. The lowest BCUT2D eigenvalue weighted by atomic mass is 10.0. The Bertz CT molecular complexity index is 1410. The first-order valence-electron chi connectivity index (χ1n) is 11.7. The molecular weight excluding hydrogens is 582 g/mol. The van der Waals surface area contributed by atoms with Crippen molar-refractivity contribution in [3.05, 3.63) is 46.9 Å². The number of fused-ring (bicyclic) bond motifs is 1. The lowest BCUT2D eigenvalue weighted by molar-refractivity contribution is -0.647. The van der Waals surface area contributed by atoms with Crippen molar-refractivity contribution in [2.24, 2.45) is 5.16 Å². The van der Waals surface area contributed by atoms with Crippen molar-refractivity contribution in [1.29, 1.82) is 0 Å². The molecule has 0 spiro atoms. The molecule has 2 aliphatic heterocycles. The first kappa shape index (κ1) is 29.2. The predicted molar refractivity (Wildman–Crippen MR) is 148 cm³/mol. The Morgan fingerprint density at radius 2 is 2.02 bits per heavy atom. The maximum Gasteiger partial charge on any atom is 0.352 e. The standard InChI is InChI=1S/C23H25N7O7S3/c1-23(2,21(35)36)37-28-14(13-10-40-22(24)26-13)17(31)27-15-18(32)30-16(20(33)34)11(9-39-19(15)30)8-38-12-4-6-29(25-3)7-5-12/h4-7,10,15,19,25H,8-9H2,1-3H3,(H4-,24,26,27,31,33,34,35,36)/p+1/b28-14-/t15-,19-/m1/s1. The normalized spacial score (nSPS) is 19.0. The zero-order valence-electron chi connectivity index (χ0n) is 21.5. The number of thiazole rings is 1. The average Bonchev–Trinajstić information content (AvgIpc) is 3.35. The largest absolute Gasteiger partial charge is 0.478 e. The second-order valence-electron chi connectivity index (χ2n) is 8.99. The monoisotopic (exact) mass is 608 g/mol. The van der Waals surface area contributed by atoms with Crippen LogP contribution in [0.4, 0.5) is 5.13 Å². The zero-order valence-corrected chi connectivity index (χ0v) is 23.9. The molecule has 0 aliphatic carbocycles. The number of rotatable bonds is 11. The summed E-state index contributed by atoms with van der Waals surface area (Å²) in [5.74, 6) is -3.28. The third-order valence-electron chi connectivity index (χ3n) is 5.87. The van der Waals surface area contributed by atoms with Crippen LogP contribution in [0.3, 0.4) is 0 Å². The van der Waals surface area contributed by atoms with Crippen LogP contribution in [0.25, 0.3) is 0 Å². The van der Waals surface area contributed by atoms with E-state index in [9.17, 15) is 29.4 Å².